The Hall–Kier alpha value is -3.15. The second-order valence-electron chi connectivity index (χ2n) is 6.28. The fraction of sp³-hybridized carbons (Fsp3) is 0.238. The molecule has 0 saturated heterocycles. The topological polar surface area (TPSA) is 47.4 Å². The highest BCUT2D eigenvalue weighted by Crippen LogP contribution is 2.14. The lowest BCUT2D eigenvalue weighted by atomic mass is 10.1. The van der Waals surface area contributed by atoms with Gasteiger partial charge < -0.3 is 9.64 Å². The van der Waals surface area contributed by atoms with Gasteiger partial charge in [-0.3, -0.25) is 4.79 Å². The molecule has 0 spiro atoms. The number of nitrogens with zero attached hydrogens (tertiary/aromatic N) is 3. The van der Waals surface area contributed by atoms with Gasteiger partial charge in [0.25, 0.3) is 5.91 Å². The summed E-state index contributed by atoms with van der Waals surface area (Å²) in [6.45, 7) is 0.609. The average molecular weight is 367 g/mol. The van der Waals surface area contributed by atoms with Crippen LogP contribution in [-0.2, 0) is 6.42 Å². The molecule has 1 amide bonds. The minimum absolute atomic E-state index is 0.181. The van der Waals surface area contributed by atoms with E-state index in [9.17, 15) is 9.18 Å². The largest absolute Gasteiger partial charge is 0.497 e. The number of methoxy groups -OCH3 is 1. The van der Waals surface area contributed by atoms with Crippen LogP contribution >= 0.6 is 0 Å². The first-order chi connectivity index (χ1) is 13.1. The van der Waals surface area contributed by atoms with Gasteiger partial charge in [0, 0.05) is 19.8 Å². The van der Waals surface area contributed by atoms with E-state index < -0.39 is 0 Å². The Labute approximate surface area is 158 Å². The molecule has 0 N–H and O–H groups in total. The molecule has 0 fully saturated rings. The number of benzene rings is 2. The van der Waals surface area contributed by atoms with Crippen molar-refractivity contribution in [1.82, 2.24) is 14.7 Å². The molecular formula is C21H22FN3O2. The van der Waals surface area contributed by atoms with E-state index in [1.807, 2.05) is 24.3 Å². The molecule has 140 valence electrons. The van der Waals surface area contributed by atoms with Gasteiger partial charge in [0.1, 0.15) is 17.3 Å². The van der Waals surface area contributed by atoms with E-state index in [4.69, 9.17) is 4.74 Å². The first kappa shape index (κ1) is 18.6. The molecule has 3 rings (SSSR count). The highest BCUT2D eigenvalue weighted by atomic mass is 19.1. The minimum Gasteiger partial charge on any atom is -0.497 e. The lowest BCUT2D eigenvalue weighted by Gasteiger charge is -2.15. The molecule has 6 heteroatoms. The molecule has 0 bridgehead atoms. The Morgan fingerprint density at radius 1 is 1.15 bits per heavy atom. The zero-order valence-electron chi connectivity index (χ0n) is 15.4. The fourth-order valence-electron chi connectivity index (χ4n) is 2.82. The van der Waals surface area contributed by atoms with Crippen molar-refractivity contribution in [3.63, 3.8) is 0 Å². The molecule has 0 aliphatic heterocycles. The number of carbonyl (C=O) groups is 1. The molecular weight excluding hydrogens is 345 g/mol. The molecule has 1 aromatic heterocycles. The van der Waals surface area contributed by atoms with Gasteiger partial charge in [-0.15, -0.1) is 0 Å². The number of aromatic nitrogens is 2. The Morgan fingerprint density at radius 3 is 2.59 bits per heavy atom. The van der Waals surface area contributed by atoms with Gasteiger partial charge in [-0.2, -0.15) is 5.10 Å². The summed E-state index contributed by atoms with van der Waals surface area (Å²) in [6.07, 6.45) is 3.30. The van der Waals surface area contributed by atoms with Crippen LogP contribution < -0.4 is 4.74 Å². The predicted octanol–water partition coefficient (Wildman–Crippen LogP) is 3.72. The molecule has 0 unspecified atom stereocenters. The number of ether oxygens (including phenoxy) is 1. The van der Waals surface area contributed by atoms with Gasteiger partial charge >= 0.3 is 0 Å². The van der Waals surface area contributed by atoms with Crippen LogP contribution in [0.1, 0.15) is 22.5 Å². The Bertz CT molecular complexity index is 906. The first-order valence-electron chi connectivity index (χ1n) is 8.77. The molecule has 0 aliphatic carbocycles. The molecule has 5 nitrogen and oxygen atoms in total. The SMILES string of the molecule is COc1ccc(CCCN(C)C(=O)c2ccn(-c3ccccc3F)n2)cc1. The lowest BCUT2D eigenvalue weighted by Crippen LogP contribution is -2.28. The number of amides is 1. The van der Waals surface area contributed by atoms with Crippen LogP contribution in [0.5, 0.6) is 5.75 Å². The van der Waals surface area contributed by atoms with Gasteiger partial charge in [-0.1, -0.05) is 24.3 Å². The maximum Gasteiger partial charge on any atom is 0.274 e. The van der Waals surface area contributed by atoms with Crippen LogP contribution in [-0.4, -0.2) is 41.3 Å². The first-order valence-corrected chi connectivity index (χ1v) is 8.77. The summed E-state index contributed by atoms with van der Waals surface area (Å²) in [6, 6.07) is 15.8. The van der Waals surface area contributed by atoms with Crippen molar-refractivity contribution in [1.29, 1.82) is 0 Å². The van der Waals surface area contributed by atoms with E-state index in [0.29, 0.717) is 17.9 Å². The van der Waals surface area contributed by atoms with Crippen molar-refractivity contribution in [2.24, 2.45) is 0 Å². The molecule has 0 atom stereocenters. The molecule has 0 radical (unpaired) electrons. The Balaban J connectivity index is 1.56. The van der Waals surface area contributed by atoms with Crippen molar-refractivity contribution in [3.05, 3.63) is 77.9 Å². The summed E-state index contributed by atoms with van der Waals surface area (Å²) in [4.78, 5) is 14.2. The van der Waals surface area contributed by atoms with E-state index in [1.165, 1.54) is 16.3 Å². The van der Waals surface area contributed by atoms with Gasteiger partial charge in [0.05, 0.1) is 7.11 Å². The van der Waals surface area contributed by atoms with Gasteiger partial charge in [-0.25, -0.2) is 9.07 Å². The number of hydrogen-bond acceptors (Lipinski definition) is 3. The van der Waals surface area contributed by atoms with Crippen LogP contribution in [0.15, 0.2) is 60.8 Å². The van der Waals surface area contributed by atoms with Crippen molar-refractivity contribution in [2.75, 3.05) is 20.7 Å². The summed E-state index contributed by atoms with van der Waals surface area (Å²) in [5.74, 6) is 0.267. The molecule has 0 aliphatic rings. The predicted molar refractivity (Wildman–Crippen MR) is 102 cm³/mol. The third kappa shape index (κ3) is 4.53. The van der Waals surface area contributed by atoms with E-state index in [2.05, 4.69) is 5.10 Å². The van der Waals surface area contributed by atoms with Gasteiger partial charge in [0.2, 0.25) is 0 Å². The number of hydrogen-bond donors (Lipinski definition) is 0. The molecule has 3 aromatic rings. The average Bonchev–Trinajstić information content (AvgIpc) is 3.18. The van der Waals surface area contributed by atoms with Crippen molar-refractivity contribution in [2.45, 2.75) is 12.8 Å². The lowest BCUT2D eigenvalue weighted by molar-refractivity contribution is 0.0787. The van der Waals surface area contributed by atoms with E-state index in [1.54, 1.807) is 49.5 Å². The van der Waals surface area contributed by atoms with E-state index in [0.717, 1.165) is 18.6 Å². The third-order valence-electron chi connectivity index (χ3n) is 4.37. The number of aryl methyl sites for hydroxylation is 1. The van der Waals surface area contributed by atoms with Crippen molar-refractivity contribution in [3.8, 4) is 11.4 Å². The quantitative estimate of drug-likeness (QED) is 0.639. The highest BCUT2D eigenvalue weighted by Gasteiger charge is 2.15. The van der Waals surface area contributed by atoms with E-state index in [-0.39, 0.29) is 11.7 Å². The highest BCUT2D eigenvalue weighted by molar-refractivity contribution is 5.92. The summed E-state index contributed by atoms with van der Waals surface area (Å²) < 4.78 is 20.4. The standard InChI is InChI=1S/C21H22FN3O2/c1-24(14-5-6-16-9-11-17(27-2)12-10-16)21(26)19-13-15-25(23-19)20-8-4-3-7-18(20)22/h3-4,7-13,15H,5-6,14H2,1-2H3. The van der Waals surface area contributed by atoms with E-state index >= 15 is 0 Å². The fourth-order valence-corrected chi connectivity index (χ4v) is 2.82. The normalized spacial score (nSPS) is 10.6. The molecule has 2 aromatic carbocycles. The summed E-state index contributed by atoms with van der Waals surface area (Å²) >= 11 is 0. The zero-order valence-corrected chi connectivity index (χ0v) is 15.4. The van der Waals surface area contributed by atoms with Crippen LogP contribution in [0.25, 0.3) is 5.69 Å². The Morgan fingerprint density at radius 2 is 1.89 bits per heavy atom. The van der Waals surface area contributed by atoms with Crippen LogP contribution in [0, 0.1) is 5.82 Å². The number of para-hydroxylation sites is 1. The molecule has 0 saturated carbocycles. The van der Waals surface area contributed by atoms with Crippen LogP contribution in [0.3, 0.4) is 0 Å². The minimum atomic E-state index is -0.382. The second-order valence-corrected chi connectivity index (χ2v) is 6.28. The molecule has 27 heavy (non-hydrogen) atoms. The van der Waals surface area contributed by atoms with Gasteiger partial charge in [-0.05, 0) is 48.7 Å². The monoisotopic (exact) mass is 367 g/mol. The Kier molecular flexibility index (Phi) is 5.86. The second kappa shape index (κ2) is 8.49. The van der Waals surface area contributed by atoms with Crippen molar-refractivity contribution >= 4 is 5.91 Å². The third-order valence-corrected chi connectivity index (χ3v) is 4.37. The van der Waals surface area contributed by atoms with Crippen molar-refractivity contribution < 1.29 is 13.9 Å². The summed E-state index contributed by atoms with van der Waals surface area (Å²) in [5, 5.41) is 4.22. The number of halogens is 1. The smallest absolute Gasteiger partial charge is 0.274 e. The zero-order chi connectivity index (χ0) is 19.2. The summed E-state index contributed by atoms with van der Waals surface area (Å²) in [5.41, 5.74) is 1.81. The maximum absolute atomic E-state index is 13.9. The number of carbonyl (C=O) groups excluding carboxylic acids is 1. The van der Waals surface area contributed by atoms with Gasteiger partial charge in [0.15, 0.2) is 5.69 Å². The maximum atomic E-state index is 13.9. The van der Waals surface area contributed by atoms with Crippen LogP contribution in [0.2, 0.25) is 0 Å². The number of rotatable bonds is 7. The van der Waals surface area contributed by atoms with Crippen LogP contribution in [0.4, 0.5) is 4.39 Å². The summed E-state index contributed by atoms with van der Waals surface area (Å²) in [7, 11) is 3.39. The molecule has 1 heterocycles.